The Morgan fingerprint density at radius 1 is 1.41 bits per heavy atom. The zero-order valence-electron chi connectivity index (χ0n) is 11.1. The number of hydrogen-bond acceptors (Lipinski definition) is 4. The molecular weight excluding hydrogens is 214 g/mol. The van der Waals surface area contributed by atoms with Crippen LogP contribution in [0.1, 0.15) is 24.2 Å². The number of aromatic nitrogens is 1. The number of likely N-dealkylation sites (N-methyl/N-ethyl adjacent to an activating group) is 2. The van der Waals surface area contributed by atoms with Crippen LogP contribution in [0.3, 0.4) is 0 Å². The maximum atomic E-state index is 10.6. The first-order chi connectivity index (χ1) is 8.08. The number of carbonyl (C=O) groups is 1. The highest BCUT2D eigenvalue weighted by Gasteiger charge is 2.14. The predicted octanol–water partition coefficient (Wildman–Crippen LogP) is 1.67. The number of carbonyl (C=O) groups excluding carboxylic acids is 1. The minimum Gasteiger partial charge on any atom is -0.353 e. The van der Waals surface area contributed by atoms with Crippen molar-refractivity contribution in [3.05, 3.63) is 23.9 Å². The van der Waals surface area contributed by atoms with E-state index in [9.17, 15) is 4.79 Å². The molecule has 17 heavy (non-hydrogen) atoms. The van der Waals surface area contributed by atoms with Crippen LogP contribution in [0.25, 0.3) is 0 Å². The molecule has 0 aliphatic rings. The molecule has 1 atom stereocenters. The van der Waals surface area contributed by atoms with Gasteiger partial charge < -0.3 is 9.80 Å². The molecule has 0 amide bonds. The van der Waals surface area contributed by atoms with Crippen molar-refractivity contribution in [2.75, 3.05) is 32.1 Å². The zero-order chi connectivity index (χ0) is 12.8. The molecule has 1 heterocycles. The first-order valence-electron chi connectivity index (χ1n) is 5.91. The molecule has 1 aromatic rings. The van der Waals surface area contributed by atoms with Crippen LogP contribution in [0.4, 0.5) is 5.82 Å². The molecule has 0 fully saturated rings. The molecule has 0 radical (unpaired) electrons. The molecule has 0 saturated heterocycles. The van der Waals surface area contributed by atoms with Gasteiger partial charge in [-0.15, -0.1) is 0 Å². The maximum Gasteiger partial charge on any atom is 0.151 e. The molecule has 0 aliphatic carbocycles. The van der Waals surface area contributed by atoms with Gasteiger partial charge in [0.15, 0.2) is 6.29 Å². The van der Waals surface area contributed by atoms with Crippen molar-refractivity contribution in [1.82, 2.24) is 9.88 Å². The van der Waals surface area contributed by atoms with Crippen molar-refractivity contribution in [3.8, 4) is 0 Å². The second-order valence-corrected chi connectivity index (χ2v) is 4.46. The quantitative estimate of drug-likeness (QED) is 0.703. The molecule has 0 N–H and O–H groups in total. The Balaban J connectivity index is 2.81. The Labute approximate surface area is 103 Å². The monoisotopic (exact) mass is 235 g/mol. The van der Waals surface area contributed by atoms with Gasteiger partial charge in [0.05, 0.1) is 0 Å². The lowest BCUT2D eigenvalue weighted by molar-refractivity contribution is 0.112. The molecule has 4 heteroatoms. The van der Waals surface area contributed by atoms with Crippen LogP contribution in [0, 0.1) is 0 Å². The van der Waals surface area contributed by atoms with E-state index in [0.29, 0.717) is 11.6 Å². The molecule has 0 aromatic carbocycles. The van der Waals surface area contributed by atoms with Gasteiger partial charge >= 0.3 is 0 Å². The molecule has 1 aromatic heterocycles. The number of hydrogen-bond donors (Lipinski definition) is 0. The number of rotatable bonds is 6. The average molecular weight is 235 g/mol. The molecule has 94 valence electrons. The summed E-state index contributed by atoms with van der Waals surface area (Å²) in [5.41, 5.74) is 0.616. The van der Waals surface area contributed by atoms with Crippen LogP contribution < -0.4 is 4.90 Å². The normalized spacial score (nSPS) is 12.5. The van der Waals surface area contributed by atoms with Crippen LogP contribution in [0.15, 0.2) is 18.3 Å². The summed E-state index contributed by atoms with van der Waals surface area (Å²) in [6.07, 6.45) is 2.43. The number of pyridine rings is 1. The van der Waals surface area contributed by atoms with Crippen molar-refractivity contribution >= 4 is 12.1 Å². The van der Waals surface area contributed by atoms with Crippen molar-refractivity contribution in [1.29, 1.82) is 0 Å². The minimum absolute atomic E-state index is 0.393. The summed E-state index contributed by atoms with van der Waals surface area (Å²) in [7, 11) is 4.13. The second kappa shape index (κ2) is 6.35. The average Bonchev–Trinajstić information content (AvgIpc) is 2.30. The minimum atomic E-state index is 0.393. The Morgan fingerprint density at radius 2 is 2.12 bits per heavy atom. The summed E-state index contributed by atoms with van der Waals surface area (Å²) < 4.78 is 0. The van der Waals surface area contributed by atoms with Gasteiger partial charge in [0.1, 0.15) is 5.82 Å². The van der Waals surface area contributed by atoms with Gasteiger partial charge in [0.2, 0.25) is 0 Å². The maximum absolute atomic E-state index is 10.6. The van der Waals surface area contributed by atoms with E-state index in [-0.39, 0.29) is 0 Å². The van der Waals surface area contributed by atoms with Gasteiger partial charge in [0, 0.05) is 30.9 Å². The van der Waals surface area contributed by atoms with E-state index in [0.717, 1.165) is 25.2 Å². The third-order valence-corrected chi connectivity index (χ3v) is 2.70. The van der Waals surface area contributed by atoms with Crippen LogP contribution >= 0.6 is 0 Å². The first-order valence-corrected chi connectivity index (χ1v) is 5.91. The van der Waals surface area contributed by atoms with Crippen molar-refractivity contribution in [2.45, 2.75) is 19.9 Å². The Morgan fingerprint density at radius 3 is 2.53 bits per heavy atom. The fourth-order valence-corrected chi connectivity index (χ4v) is 1.96. The zero-order valence-corrected chi connectivity index (χ0v) is 11.1. The standard InChI is InChI=1S/C13H21N3O/c1-5-16(11(2)9-15(3)4)13-7-6-12(10-17)8-14-13/h6-8,10-11H,5,9H2,1-4H3. The Kier molecular flexibility index (Phi) is 5.10. The molecule has 0 bridgehead atoms. The molecular formula is C13H21N3O. The van der Waals surface area contributed by atoms with E-state index in [1.807, 2.05) is 6.07 Å². The topological polar surface area (TPSA) is 36.4 Å². The first kappa shape index (κ1) is 13.6. The van der Waals surface area contributed by atoms with Gasteiger partial charge in [-0.1, -0.05) is 0 Å². The molecule has 1 unspecified atom stereocenters. The van der Waals surface area contributed by atoms with E-state index in [4.69, 9.17) is 0 Å². The van der Waals surface area contributed by atoms with E-state index >= 15 is 0 Å². The van der Waals surface area contributed by atoms with Gasteiger partial charge in [-0.05, 0) is 40.1 Å². The summed E-state index contributed by atoms with van der Waals surface area (Å²) >= 11 is 0. The summed E-state index contributed by atoms with van der Waals surface area (Å²) in [5, 5.41) is 0. The molecule has 0 spiro atoms. The smallest absolute Gasteiger partial charge is 0.151 e. The summed E-state index contributed by atoms with van der Waals surface area (Å²) in [6.45, 7) is 6.17. The number of aldehydes is 1. The summed E-state index contributed by atoms with van der Waals surface area (Å²) in [6, 6.07) is 4.10. The van der Waals surface area contributed by atoms with E-state index in [1.165, 1.54) is 0 Å². The van der Waals surface area contributed by atoms with Crippen LogP contribution in [-0.2, 0) is 0 Å². The summed E-state index contributed by atoms with van der Waals surface area (Å²) in [4.78, 5) is 19.3. The number of anilines is 1. The van der Waals surface area contributed by atoms with Crippen molar-refractivity contribution < 1.29 is 4.79 Å². The largest absolute Gasteiger partial charge is 0.353 e. The lowest BCUT2D eigenvalue weighted by Gasteiger charge is -2.31. The van der Waals surface area contributed by atoms with E-state index in [1.54, 1.807) is 12.3 Å². The Bertz CT molecular complexity index is 348. The number of nitrogens with zero attached hydrogens (tertiary/aromatic N) is 3. The fraction of sp³-hybridized carbons (Fsp3) is 0.538. The highest BCUT2D eigenvalue weighted by atomic mass is 16.1. The predicted molar refractivity (Wildman–Crippen MR) is 70.7 cm³/mol. The molecule has 4 nitrogen and oxygen atoms in total. The van der Waals surface area contributed by atoms with Gasteiger partial charge in [-0.2, -0.15) is 0 Å². The highest BCUT2D eigenvalue weighted by Crippen LogP contribution is 2.14. The second-order valence-electron chi connectivity index (χ2n) is 4.46. The van der Waals surface area contributed by atoms with Gasteiger partial charge in [0.25, 0.3) is 0 Å². The van der Waals surface area contributed by atoms with Gasteiger partial charge in [-0.25, -0.2) is 4.98 Å². The van der Waals surface area contributed by atoms with Crippen molar-refractivity contribution in [2.24, 2.45) is 0 Å². The summed E-state index contributed by atoms with van der Waals surface area (Å²) in [5.74, 6) is 0.924. The molecule has 1 rings (SSSR count). The SMILES string of the molecule is CCN(c1ccc(C=O)cn1)C(C)CN(C)C. The lowest BCUT2D eigenvalue weighted by Crippen LogP contribution is -2.40. The van der Waals surface area contributed by atoms with E-state index < -0.39 is 0 Å². The lowest BCUT2D eigenvalue weighted by atomic mass is 10.2. The third-order valence-electron chi connectivity index (χ3n) is 2.70. The van der Waals surface area contributed by atoms with Crippen LogP contribution in [0.2, 0.25) is 0 Å². The van der Waals surface area contributed by atoms with Crippen LogP contribution in [0.5, 0.6) is 0 Å². The van der Waals surface area contributed by atoms with Crippen molar-refractivity contribution in [3.63, 3.8) is 0 Å². The van der Waals surface area contributed by atoms with Crippen LogP contribution in [-0.4, -0.2) is 49.4 Å². The third kappa shape index (κ3) is 3.82. The van der Waals surface area contributed by atoms with E-state index in [2.05, 4.69) is 42.7 Å². The molecule has 0 aliphatic heterocycles. The fourth-order valence-electron chi connectivity index (χ4n) is 1.96. The Hall–Kier alpha value is -1.42. The molecule has 0 saturated carbocycles. The highest BCUT2D eigenvalue weighted by molar-refractivity contribution is 5.74. The van der Waals surface area contributed by atoms with Gasteiger partial charge in [-0.3, -0.25) is 4.79 Å².